The van der Waals surface area contributed by atoms with Gasteiger partial charge in [-0.15, -0.1) is 12.3 Å². The Hall–Kier alpha value is -3.12. The summed E-state index contributed by atoms with van der Waals surface area (Å²) in [6, 6.07) is 5.63. The van der Waals surface area contributed by atoms with Crippen LogP contribution in [0.15, 0.2) is 24.5 Å². The average molecular weight is 321 g/mol. The summed E-state index contributed by atoms with van der Waals surface area (Å²) in [6.07, 6.45) is 12.3. The molecule has 0 fully saturated rings. The Morgan fingerprint density at radius 3 is 2.92 bits per heavy atom. The molecule has 0 aliphatic heterocycles. The fourth-order valence-electron chi connectivity index (χ4n) is 2.30. The number of nitriles is 1. The molecule has 0 spiro atoms. The number of aromatic nitrogens is 3. The van der Waals surface area contributed by atoms with Crippen LogP contribution in [0.4, 0.5) is 5.82 Å². The predicted molar refractivity (Wildman–Crippen MR) is 91.4 cm³/mol. The van der Waals surface area contributed by atoms with Crippen molar-refractivity contribution in [3.8, 4) is 24.1 Å². The first-order chi connectivity index (χ1) is 11.7. The highest BCUT2D eigenvalue weighted by atomic mass is 16.1. The van der Waals surface area contributed by atoms with E-state index in [1.807, 2.05) is 12.1 Å². The molecule has 0 aliphatic carbocycles. The predicted octanol–water partition coefficient (Wildman–Crippen LogP) is 2.97. The second kappa shape index (κ2) is 8.50. The van der Waals surface area contributed by atoms with Crippen LogP contribution < -0.4 is 5.32 Å². The molecule has 6 heteroatoms. The van der Waals surface area contributed by atoms with Crippen molar-refractivity contribution in [1.29, 1.82) is 5.26 Å². The molecule has 0 unspecified atom stereocenters. The fourth-order valence-corrected chi connectivity index (χ4v) is 2.30. The normalized spacial score (nSPS) is 9.96. The van der Waals surface area contributed by atoms with Crippen LogP contribution in [0.25, 0.3) is 5.69 Å². The Kier molecular flexibility index (Phi) is 6.10. The number of nitrogens with zero attached hydrogens (tertiary/aromatic N) is 4. The molecule has 0 aromatic carbocycles. The maximum Gasteiger partial charge on any atom is 0.225 e. The molecule has 2 aromatic rings. The van der Waals surface area contributed by atoms with Crippen LogP contribution in [0.1, 0.15) is 43.4 Å². The first kappa shape index (κ1) is 17.2. The third-order valence-electron chi connectivity index (χ3n) is 3.60. The minimum absolute atomic E-state index is 0.103. The Bertz CT molecular complexity index is 780. The van der Waals surface area contributed by atoms with Gasteiger partial charge in [-0.1, -0.05) is 6.42 Å². The lowest BCUT2D eigenvalue weighted by Gasteiger charge is -2.09. The molecule has 0 aliphatic rings. The molecule has 1 amide bonds. The van der Waals surface area contributed by atoms with Gasteiger partial charge in [0, 0.05) is 24.6 Å². The summed E-state index contributed by atoms with van der Waals surface area (Å²) in [5.74, 6) is 2.99. The smallest absolute Gasteiger partial charge is 0.225 e. The monoisotopic (exact) mass is 321 g/mol. The average Bonchev–Trinajstić information content (AvgIpc) is 2.91. The van der Waals surface area contributed by atoms with Crippen molar-refractivity contribution < 1.29 is 4.79 Å². The van der Waals surface area contributed by atoms with Crippen LogP contribution in [0.2, 0.25) is 0 Å². The van der Waals surface area contributed by atoms with Gasteiger partial charge in [0.1, 0.15) is 11.9 Å². The number of hydrogen-bond acceptors (Lipinski definition) is 4. The van der Waals surface area contributed by atoms with E-state index >= 15 is 0 Å². The number of unbranched alkanes of at least 4 members (excludes halogenated alkanes) is 3. The van der Waals surface area contributed by atoms with Gasteiger partial charge in [-0.3, -0.25) is 9.78 Å². The zero-order valence-electron chi connectivity index (χ0n) is 13.6. The summed E-state index contributed by atoms with van der Waals surface area (Å²) in [7, 11) is 0. The van der Waals surface area contributed by atoms with E-state index in [0.717, 1.165) is 25.7 Å². The summed E-state index contributed by atoms with van der Waals surface area (Å²) in [6.45, 7) is 1.76. The highest BCUT2D eigenvalue weighted by Crippen LogP contribution is 2.22. The van der Waals surface area contributed by atoms with E-state index in [9.17, 15) is 10.1 Å². The summed E-state index contributed by atoms with van der Waals surface area (Å²) < 4.78 is 1.54. The summed E-state index contributed by atoms with van der Waals surface area (Å²) in [5, 5.41) is 16.3. The molecule has 1 N–H and O–H groups in total. The van der Waals surface area contributed by atoms with E-state index in [0.29, 0.717) is 23.5 Å². The number of rotatable bonds is 7. The Morgan fingerprint density at radius 2 is 2.25 bits per heavy atom. The fraction of sp³-hybridized carbons (Fsp3) is 0.333. The topological polar surface area (TPSA) is 83.6 Å². The van der Waals surface area contributed by atoms with Crippen LogP contribution in [0.3, 0.4) is 0 Å². The van der Waals surface area contributed by atoms with Crippen molar-refractivity contribution in [2.45, 2.75) is 39.0 Å². The Morgan fingerprint density at radius 1 is 1.42 bits per heavy atom. The molecule has 2 heterocycles. The van der Waals surface area contributed by atoms with Crippen molar-refractivity contribution in [3.63, 3.8) is 0 Å². The largest absolute Gasteiger partial charge is 0.310 e. The van der Waals surface area contributed by atoms with Gasteiger partial charge in [0.2, 0.25) is 5.91 Å². The molecule has 0 radical (unpaired) electrons. The number of anilines is 1. The number of pyridine rings is 1. The minimum atomic E-state index is -0.103. The van der Waals surface area contributed by atoms with E-state index in [1.54, 1.807) is 25.4 Å². The number of carbonyl (C=O) groups is 1. The van der Waals surface area contributed by atoms with E-state index in [4.69, 9.17) is 6.42 Å². The summed E-state index contributed by atoms with van der Waals surface area (Å²) in [4.78, 5) is 16.2. The lowest BCUT2D eigenvalue weighted by atomic mass is 10.1. The van der Waals surface area contributed by atoms with Crippen molar-refractivity contribution in [3.05, 3.63) is 35.8 Å². The Balaban J connectivity index is 2.12. The van der Waals surface area contributed by atoms with E-state index < -0.39 is 0 Å². The standard InChI is InChI=1S/C18H19N5O/c1-3-4-5-6-7-10-17(24)21-18-14(2)16(12-19)22-23(18)15-9-8-11-20-13-15/h1,8-9,11,13H,4-7,10H2,2H3,(H,21,24). The maximum absolute atomic E-state index is 12.2. The SMILES string of the molecule is C#CCCCCCC(=O)Nc1c(C)c(C#N)nn1-c1cccnc1. The number of nitrogens with one attached hydrogen (secondary N) is 1. The number of carbonyl (C=O) groups excluding carboxylic acids is 1. The molecule has 122 valence electrons. The van der Waals surface area contributed by atoms with Crippen LogP contribution in [0, 0.1) is 30.6 Å². The second-order valence-corrected chi connectivity index (χ2v) is 5.37. The van der Waals surface area contributed by atoms with E-state index in [2.05, 4.69) is 21.3 Å². The van der Waals surface area contributed by atoms with Crippen LogP contribution in [-0.2, 0) is 4.79 Å². The highest BCUT2D eigenvalue weighted by molar-refractivity contribution is 5.91. The van der Waals surface area contributed by atoms with Gasteiger partial charge < -0.3 is 5.32 Å². The first-order valence-corrected chi connectivity index (χ1v) is 7.80. The second-order valence-electron chi connectivity index (χ2n) is 5.37. The van der Waals surface area contributed by atoms with Crippen molar-refractivity contribution >= 4 is 11.7 Å². The van der Waals surface area contributed by atoms with E-state index in [1.165, 1.54) is 4.68 Å². The summed E-state index contributed by atoms with van der Waals surface area (Å²) in [5.41, 5.74) is 1.61. The van der Waals surface area contributed by atoms with Gasteiger partial charge in [0.15, 0.2) is 5.69 Å². The van der Waals surface area contributed by atoms with Gasteiger partial charge in [-0.2, -0.15) is 10.4 Å². The zero-order chi connectivity index (χ0) is 17.4. The van der Waals surface area contributed by atoms with Crippen LogP contribution >= 0.6 is 0 Å². The Labute approximate surface area is 141 Å². The molecule has 0 bridgehead atoms. The third-order valence-corrected chi connectivity index (χ3v) is 3.60. The van der Waals surface area contributed by atoms with Gasteiger partial charge >= 0.3 is 0 Å². The molecular weight excluding hydrogens is 302 g/mol. The lowest BCUT2D eigenvalue weighted by Crippen LogP contribution is -2.15. The quantitative estimate of drug-likeness (QED) is 0.627. The first-order valence-electron chi connectivity index (χ1n) is 7.80. The van der Waals surface area contributed by atoms with Gasteiger partial charge in [0.05, 0.1) is 11.9 Å². The number of hydrogen-bond donors (Lipinski definition) is 1. The third kappa shape index (κ3) is 4.21. The van der Waals surface area contributed by atoms with Crippen molar-refractivity contribution in [1.82, 2.24) is 14.8 Å². The maximum atomic E-state index is 12.2. The molecular formula is C18H19N5O. The van der Waals surface area contributed by atoms with Crippen LogP contribution in [0.5, 0.6) is 0 Å². The molecule has 0 atom stereocenters. The summed E-state index contributed by atoms with van der Waals surface area (Å²) >= 11 is 0. The molecule has 24 heavy (non-hydrogen) atoms. The zero-order valence-corrected chi connectivity index (χ0v) is 13.6. The highest BCUT2D eigenvalue weighted by Gasteiger charge is 2.17. The molecule has 0 saturated carbocycles. The molecule has 2 rings (SSSR count). The van der Waals surface area contributed by atoms with Gasteiger partial charge in [-0.25, -0.2) is 4.68 Å². The number of terminal acetylenes is 1. The minimum Gasteiger partial charge on any atom is -0.310 e. The number of amides is 1. The lowest BCUT2D eigenvalue weighted by molar-refractivity contribution is -0.116. The van der Waals surface area contributed by atoms with E-state index in [-0.39, 0.29) is 11.6 Å². The van der Waals surface area contributed by atoms with Crippen molar-refractivity contribution in [2.75, 3.05) is 5.32 Å². The molecule has 0 saturated heterocycles. The van der Waals surface area contributed by atoms with Crippen LogP contribution in [-0.4, -0.2) is 20.7 Å². The van der Waals surface area contributed by atoms with Gasteiger partial charge in [-0.05, 0) is 31.9 Å². The van der Waals surface area contributed by atoms with Gasteiger partial charge in [0.25, 0.3) is 0 Å². The molecule has 2 aromatic heterocycles. The molecule has 6 nitrogen and oxygen atoms in total. The van der Waals surface area contributed by atoms with Crippen molar-refractivity contribution in [2.24, 2.45) is 0 Å².